The summed E-state index contributed by atoms with van der Waals surface area (Å²) in [5.74, 6) is 0.488. The lowest BCUT2D eigenvalue weighted by atomic mass is 10.1. The van der Waals surface area contributed by atoms with Crippen LogP contribution in [0.1, 0.15) is 18.4 Å². The van der Waals surface area contributed by atoms with Crippen LogP contribution in [0.15, 0.2) is 69.9 Å². The number of rotatable bonds is 7. The summed E-state index contributed by atoms with van der Waals surface area (Å²) in [6, 6.07) is 19.4. The van der Waals surface area contributed by atoms with E-state index in [2.05, 4.69) is 6.07 Å². The number of benzene rings is 3. The van der Waals surface area contributed by atoms with Crippen molar-refractivity contribution in [2.75, 3.05) is 14.2 Å². The lowest BCUT2D eigenvalue weighted by Crippen LogP contribution is -2.26. The molecule has 0 saturated carbocycles. The predicted octanol–water partition coefficient (Wildman–Crippen LogP) is 4.20. The van der Waals surface area contributed by atoms with Gasteiger partial charge in [-0.1, -0.05) is 30.3 Å². The second-order valence-corrected chi connectivity index (χ2v) is 7.39. The molecular weight excluding hydrogens is 380 g/mol. The average molecular weight is 404 g/mol. The largest absolute Gasteiger partial charge is 0.497 e. The van der Waals surface area contributed by atoms with Crippen molar-refractivity contribution < 1.29 is 13.9 Å². The minimum Gasteiger partial charge on any atom is -0.497 e. The van der Waals surface area contributed by atoms with Crippen LogP contribution in [0.5, 0.6) is 5.75 Å². The quantitative estimate of drug-likeness (QED) is 0.463. The predicted molar refractivity (Wildman–Crippen MR) is 117 cm³/mol. The topological polar surface area (TPSA) is 64.7 Å². The fourth-order valence-electron chi connectivity index (χ4n) is 3.67. The first-order valence-corrected chi connectivity index (χ1v) is 9.94. The number of aryl methyl sites for hydroxylation is 1. The van der Waals surface area contributed by atoms with Crippen molar-refractivity contribution in [2.45, 2.75) is 25.9 Å². The fraction of sp³-hybridized carbons (Fsp3) is 0.250. The molecule has 0 atom stereocenters. The number of hydrogen-bond acceptors (Lipinski definition) is 4. The van der Waals surface area contributed by atoms with Crippen molar-refractivity contribution in [3.8, 4) is 5.75 Å². The second-order valence-electron chi connectivity index (χ2n) is 7.39. The minimum absolute atomic E-state index is 0.0469. The number of methoxy groups -OCH3 is 1. The molecule has 0 unspecified atom stereocenters. The molecule has 1 heterocycles. The van der Waals surface area contributed by atoms with Crippen LogP contribution in [-0.2, 0) is 17.9 Å². The van der Waals surface area contributed by atoms with Gasteiger partial charge in [-0.15, -0.1) is 0 Å². The van der Waals surface area contributed by atoms with Gasteiger partial charge in [0, 0.05) is 26.6 Å². The van der Waals surface area contributed by atoms with E-state index in [1.807, 2.05) is 48.5 Å². The Morgan fingerprint density at radius 3 is 2.67 bits per heavy atom. The lowest BCUT2D eigenvalue weighted by Gasteiger charge is -2.18. The van der Waals surface area contributed by atoms with Gasteiger partial charge in [0.25, 0.3) is 0 Å². The number of carbonyl (C=O) groups excluding carboxylic acids is 1. The summed E-state index contributed by atoms with van der Waals surface area (Å²) >= 11 is 0. The zero-order valence-electron chi connectivity index (χ0n) is 17.1. The lowest BCUT2D eigenvalue weighted by molar-refractivity contribution is -0.130. The van der Waals surface area contributed by atoms with E-state index in [4.69, 9.17) is 9.15 Å². The zero-order chi connectivity index (χ0) is 21.1. The maximum absolute atomic E-state index is 12.6. The molecule has 0 bridgehead atoms. The van der Waals surface area contributed by atoms with Crippen LogP contribution in [-0.4, -0.2) is 29.5 Å². The summed E-state index contributed by atoms with van der Waals surface area (Å²) in [5.41, 5.74) is 2.40. The number of ether oxygens (including phenoxy) is 1. The van der Waals surface area contributed by atoms with E-state index in [-0.39, 0.29) is 11.7 Å². The average Bonchev–Trinajstić information content (AvgIpc) is 3.08. The maximum atomic E-state index is 12.6. The van der Waals surface area contributed by atoms with Gasteiger partial charge < -0.3 is 14.1 Å². The SMILES string of the molecule is COc1ccc2cc(CN(C)C(=O)CCCn3c(=O)oc4ccccc43)ccc2c1. The number of hydrogen-bond donors (Lipinski definition) is 0. The Balaban J connectivity index is 1.36. The van der Waals surface area contributed by atoms with Gasteiger partial charge in [0.15, 0.2) is 5.58 Å². The number of fused-ring (bicyclic) bond motifs is 2. The van der Waals surface area contributed by atoms with E-state index in [9.17, 15) is 9.59 Å². The van der Waals surface area contributed by atoms with Crippen LogP contribution in [0.3, 0.4) is 0 Å². The standard InChI is InChI=1S/C24H24N2O4/c1-25(16-17-9-10-19-15-20(29-2)12-11-18(19)14-17)23(27)8-5-13-26-21-6-3-4-7-22(21)30-24(26)28/h3-4,6-7,9-12,14-15H,5,8,13,16H2,1-2H3. The molecule has 0 aliphatic rings. The maximum Gasteiger partial charge on any atom is 0.419 e. The summed E-state index contributed by atoms with van der Waals surface area (Å²) < 4.78 is 12.1. The van der Waals surface area contributed by atoms with Crippen LogP contribution in [0.25, 0.3) is 21.9 Å². The van der Waals surface area contributed by atoms with E-state index in [0.29, 0.717) is 31.5 Å². The molecule has 0 fully saturated rings. The van der Waals surface area contributed by atoms with E-state index in [1.54, 1.807) is 29.7 Å². The summed E-state index contributed by atoms with van der Waals surface area (Å²) in [4.78, 5) is 26.3. The Hall–Kier alpha value is -3.54. The van der Waals surface area contributed by atoms with Crippen molar-refractivity contribution in [2.24, 2.45) is 0 Å². The van der Waals surface area contributed by atoms with Gasteiger partial charge in [0.05, 0.1) is 12.6 Å². The van der Waals surface area contributed by atoms with Crippen molar-refractivity contribution >= 4 is 27.8 Å². The molecule has 0 aliphatic heterocycles. The van der Waals surface area contributed by atoms with Gasteiger partial charge >= 0.3 is 5.76 Å². The minimum atomic E-state index is -0.384. The molecule has 4 rings (SSSR count). The van der Waals surface area contributed by atoms with Crippen LogP contribution in [0.2, 0.25) is 0 Å². The van der Waals surface area contributed by atoms with Crippen LogP contribution in [0.4, 0.5) is 0 Å². The molecule has 0 aliphatic carbocycles. The Labute approximate surface area is 174 Å². The highest BCUT2D eigenvalue weighted by molar-refractivity contribution is 5.84. The summed E-state index contributed by atoms with van der Waals surface area (Å²) in [7, 11) is 3.46. The molecule has 6 heteroatoms. The van der Waals surface area contributed by atoms with Gasteiger partial charge in [-0.3, -0.25) is 9.36 Å². The normalized spacial score (nSPS) is 11.1. The second kappa shape index (κ2) is 8.45. The Morgan fingerprint density at radius 2 is 1.83 bits per heavy atom. The molecule has 154 valence electrons. The molecule has 30 heavy (non-hydrogen) atoms. The molecule has 3 aromatic carbocycles. The molecule has 1 aromatic heterocycles. The van der Waals surface area contributed by atoms with Crippen molar-refractivity contribution in [1.82, 2.24) is 9.47 Å². The van der Waals surface area contributed by atoms with Gasteiger partial charge in [0.1, 0.15) is 5.75 Å². The molecule has 1 amide bonds. The summed E-state index contributed by atoms with van der Waals surface area (Å²) in [5, 5.41) is 2.21. The monoisotopic (exact) mass is 404 g/mol. The first-order valence-electron chi connectivity index (χ1n) is 9.94. The molecule has 0 N–H and O–H groups in total. The highest BCUT2D eigenvalue weighted by Crippen LogP contribution is 2.22. The number of para-hydroxylation sites is 2. The molecule has 0 saturated heterocycles. The number of nitrogens with zero attached hydrogens (tertiary/aromatic N) is 2. The Morgan fingerprint density at radius 1 is 1.07 bits per heavy atom. The molecule has 6 nitrogen and oxygen atoms in total. The van der Waals surface area contributed by atoms with E-state index < -0.39 is 0 Å². The van der Waals surface area contributed by atoms with Crippen molar-refractivity contribution in [1.29, 1.82) is 0 Å². The van der Waals surface area contributed by atoms with Crippen LogP contribution >= 0.6 is 0 Å². The molecule has 0 radical (unpaired) electrons. The van der Waals surface area contributed by atoms with Crippen LogP contribution < -0.4 is 10.5 Å². The zero-order valence-corrected chi connectivity index (χ0v) is 17.1. The summed E-state index contributed by atoms with van der Waals surface area (Å²) in [6.45, 7) is 0.989. The first-order chi connectivity index (χ1) is 14.5. The third-order valence-corrected chi connectivity index (χ3v) is 5.30. The van der Waals surface area contributed by atoms with Gasteiger partial charge in [-0.05, 0) is 53.1 Å². The highest BCUT2D eigenvalue weighted by atomic mass is 16.5. The van der Waals surface area contributed by atoms with E-state index >= 15 is 0 Å². The van der Waals surface area contributed by atoms with E-state index in [1.165, 1.54) is 0 Å². The molecular formula is C24H24N2O4. The number of oxazole rings is 1. The van der Waals surface area contributed by atoms with Crippen molar-refractivity contribution in [3.63, 3.8) is 0 Å². The fourth-order valence-corrected chi connectivity index (χ4v) is 3.67. The highest BCUT2D eigenvalue weighted by Gasteiger charge is 2.12. The summed E-state index contributed by atoms with van der Waals surface area (Å²) in [6.07, 6.45) is 0.942. The first kappa shape index (κ1) is 19.8. The Kier molecular flexibility index (Phi) is 5.57. The number of aromatic nitrogens is 1. The Bertz CT molecular complexity index is 1260. The van der Waals surface area contributed by atoms with Crippen LogP contribution in [0, 0.1) is 0 Å². The third kappa shape index (κ3) is 4.08. The van der Waals surface area contributed by atoms with E-state index in [0.717, 1.165) is 27.6 Å². The molecule has 0 spiro atoms. The number of amides is 1. The van der Waals surface area contributed by atoms with Crippen molar-refractivity contribution in [3.05, 3.63) is 76.8 Å². The molecule has 4 aromatic rings. The van der Waals surface area contributed by atoms with Gasteiger partial charge in [-0.25, -0.2) is 4.79 Å². The van der Waals surface area contributed by atoms with Gasteiger partial charge in [0.2, 0.25) is 5.91 Å². The van der Waals surface area contributed by atoms with Gasteiger partial charge in [-0.2, -0.15) is 0 Å². The smallest absolute Gasteiger partial charge is 0.419 e. The third-order valence-electron chi connectivity index (χ3n) is 5.30. The number of carbonyl (C=O) groups is 1.